The van der Waals surface area contributed by atoms with Gasteiger partial charge in [0.2, 0.25) is 0 Å². The fraction of sp³-hybridized carbons (Fsp3) is 0.217. The lowest BCUT2D eigenvalue weighted by Crippen LogP contribution is -2.36. The lowest BCUT2D eigenvalue weighted by molar-refractivity contribution is -0.0504. The molecule has 0 aliphatic heterocycles. The number of furan rings is 1. The molecule has 0 unspecified atom stereocenters. The summed E-state index contributed by atoms with van der Waals surface area (Å²) in [4.78, 5) is 16.7. The van der Waals surface area contributed by atoms with Crippen LogP contribution < -0.4 is 20.7 Å². The number of hydrogen-bond donors (Lipinski definition) is 3. The maximum Gasteiger partial charge on any atom is 0.387 e. The number of guanidine groups is 1. The Labute approximate surface area is 184 Å². The number of rotatable bonds is 9. The van der Waals surface area contributed by atoms with Gasteiger partial charge in [0.05, 0.1) is 12.8 Å². The van der Waals surface area contributed by atoms with Gasteiger partial charge in [-0.15, -0.1) is 0 Å². The second-order valence-corrected chi connectivity index (χ2v) is 6.67. The molecule has 2 aromatic carbocycles. The van der Waals surface area contributed by atoms with Crippen LogP contribution in [0, 0.1) is 0 Å². The van der Waals surface area contributed by atoms with E-state index in [9.17, 15) is 13.6 Å². The number of benzene rings is 2. The van der Waals surface area contributed by atoms with Crippen molar-refractivity contribution >= 4 is 17.6 Å². The minimum absolute atomic E-state index is 0.117. The van der Waals surface area contributed by atoms with Crippen LogP contribution in [0.3, 0.4) is 0 Å². The summed E-state index contributed by atoms with van der Waals surface area (Å²) in [6.45, 7) is 0.262. The van der Waals surface area contributed by atoms with Gasteiger partial charge in [0.15, 0.2) is 11.7 Å². The van der Waals surface area contributed by atoms with E-state index in [4.69, 9.17) is 4.42 Å². The number of alkyl halides is 2. The molecule has 1 heterocycles. The van der Waals surface area contributed by atoms with E-state index in [1.807, 2.05) is 25.1 Å². The zero-order chi connectivity index (χ0) is 22.8. The van der Waals surface area contributed by atoms with Gasteiger partial charge < -0.3 is 25.1 Å². The van der Waals surface area contributed by atoms with Crippen LogP contribution in [0.2, 0.25) is 0 Å². The molecule has 168 valence electrons. The van der Waals surface area contributed by atoms with Crippen molar-refractivity contribution in [3.05, 3.63) is 83.8 Å². The predicted octanol–water partition coefficient (Wildman–Crippen LogP) is 4.39. The first kappa shape index (κ1) is 22.8. The molecule has 1 aromatic heterocycles. The normalized spacial score (nSPS) is 11.3. The molecular weight excluding hydrogens is 418 g/mol. The largest absolute Gasteiger partial charge is 0.459 e. The lowest BCUT2D eigenvalue weighted by Gasteiger charge is -2.14. The predicted molar refractivity (Wildman–Crippen MR) is 118 cm³/mol. The van der Waals surface area contributed by atoms with Crippen molar-refractivity contribution in [2.45, 2.75) is 26.6 Å². The molecule has 7 nitrogen and oxygen atoms in total. The number of ether oxygens (including phenoxy) is 1. The third-order valence-corrected chi connectivity index (χ3v) is 4.33. The summed E-state index contributed by atoms with van der Waals surface area (Å²) in [5, 5.41) is 9.01. The fourth-order valence-corrected chi connectivity index (χ4v) is 2.90. The molecule has 0 bridgehead atoms. The Bertz CT molecular complexity index is 1040. The van der Waals surface area contributed by atoms with E-state index in [1.165, 1.54) is 12.3 Å². The van der Waals surface area contributed by atoms with Crippen LogP contribution in [0.15, 0.2) is 76.3 Å². The Morgan fingerprint density at radius 2 is 1.94 bits per heavy atom. The molecular formula is C23H24F2N4O3. The van der Waals surface area contributed by atoms with Crippen LogP contribution in [0.4, 0.5) is 14.5 Å². The first-order chi connectivity index (χ1) is 15.5. The van der Waals surface area contributed by atoms with E-state index in [0.29, 0.717) is 30.3 Å². The summed E-state index contributed by atoms with van der Waals surface area (Å²) < 4.78 is 34.9. The van der Waals surface area contributed by atoms with Gasteiger partial charge in [0.25, 0.3) is 5.91 Å². The zero-order valence-electron chi connectivity index (χ0n) is 17.5. The van der Waals surface area contributed by atoms with Crippen molar-refractivity contribution in [2.75, 3.05) is 11.9 Å². The molecule has 0 aliphatic rings. The second-order valence-electron chi connectivity index (χ2n) is 6.67. The van der Waals surface area contributed by atoms with Gasteiger partial charge in [-0.3, -0.25) is 4.79 Å². The van der Waals surface area contributed by atoms with E-state index in [0.717, 1.165) is 5.56 Å². The summed E-state index contributed by atoms with van der Waals surface area (Å²) in [7, 11) is 0. The number of carbonyl (C=O) groups is 1. The molecule has 0 radical (unpaired) electrons. The highest BCUT2D eigenvalue weighted by Gasteiger charge is 2.10. The molecule has 3 rings (SSSR count). The number of para-hydroxylation sites is 1. The Morgan fingerprint density at radius 3 is 2.69 bits per heavy atom. The molecule has 3 N–H and O–H groups in total. The average molecular weight is 442 g/mol. The molecule has 9 heteroatoms. The van der Waals surface area contributed by atoms with Crippen molar-refractivity contribution in [1.82, 2.24) is 10.6 Å². The monoisotopic (exact) mass is 442 g/mol. The van der Waals surface area contributed by atoms with Crippen LogP contribution in [-0.2, 0) is 13.1 Å². The van der Waals surface area contributed by atoms with Gasteiger partial charge in [0.1, 0.15) is 5.75 Å². The SMILES string of the molecule is CCNC(=NCc1cccc(NC(=O)c2ccco2)c1)NCc1ccccc1OC(F)F. The maximum atomic E-state index is 12.6. The molecule has 3 aromatic rings. The van der Waals surface area contributed by atoms with Gasteiger partial charge in [-0.1, -0.05) is 30.3 Å². The standard InChI is InChI=1S/C23H24F2N4O3/c1-2-26-23(28-15-17-8-3-4-10-19(17)32-22(24)25)27-14-16-7-5-9-18(13-16)29-21(30)20-11-6-12-31-20/h3-13,22H,2,14-15H2,1H3,(H,29,30)(H2,26,27,28). The highest BCUT2D eigenvalue weighted by Crippen LogP contribution is 2.20. The van der Waals surface area contributed by atoms with E-state index in [2.05, 4.69) is 25.7 Å². The number of nitrogens with zero attached hydrogens (tertiary/aromatic N) is 1. The molecule has 0 fully saturated rings. The summed E-state index contributed by atoms with van der Waals surface area (Å²) in [6, 6.07) is 17.1. The number of nitrogens with one attached hydrogen (secondary N) is 3. The van der Waals surface area contributed by atoms with Gasteiger partial charge in [0, 0.05) is 24.3 Å². The number of anilines is 1. The number of amides is 1. The number of aliphatic imine (C=N–C) groups is 1. The molecule has 0 aliphatic carbocycles. The molecule has 0 saturated carbocycles. The smallest absolute Gasteiger partial charge is 0.387 e. The van der Waals surface area contributed by atoms with Gasteiger partial charge in [-0.2, -0.15) is 8.78 Å². The van der Waals surface area contributed by atoms with Crippen LogP contribution in [0.5, 0.6) is 5.75 Å². The topological polar surface area (TPSA) is 87.9 Å². The molecule has 0 spiro atoms. The Balaban J connectivity index is 1.63. The highest BCUT2D eigenvalue weighted by molar-refractivity contribution is 6.02. The summed E-state index contributed by atoms with van der Waals surface area (Å²) >= 11 is 0. The van der Waals surface area contributed by atoms with Crippen LogP contribution in [0.25, 0.3) is 0 Å². The molecule has 0 saturated heterocycles. The summed E-state index contributed by atoms with van der Waals surface area (Å²) in [5.41, 5.74) is 2.08. The van der Waals surface area contributed by atoms with Crippen molar-refractivity contribution < 1.29 is 22.7 Å². The maximum absolute atomic E-state index is 12.6. The molecule has 1 amide bonds. The van der Waals surface area contributed by atoms with E-state index >= 15 is 0 Å². The fourth-order valence-electron chi connectivity index (χ4n) is 2.90. The third kappa shape index (κ3) is 6.83. The average Bonchev–Trinajstić information content (AvgIpc) is 3.32. The van der Waals surface area contributed by atoms with Crippen LogP contribution >= 0.6 is 0 Å². The first-order valence-corrected chi connectivity index (χ1v) is 10.0. The Hall–Kier alpha value is -3.88. The third-order valence-electron chi connectivity index (χ3n) is 4.33. The number of hydrogen-bond acceptors (Lipinski definition) is 4. The molecule has 0 atom stereocenters. The lowest BCUT2D eigenvalue weighted by atomic mass is 10.2. The van der Waals surface area contributed by atoms with Gasteiger partial charge in [-0.05, 0) is 42.8 Å². The minimum Gasteiger partial charge on any atom is -0.459 e. The first-order valence-electron chi connectivity index (χ1n) is 10.0. The minimum atomic E-state index is -2.89. The molecule has 32 heavy (non-hydrogen) atoms. The number of halogens is 2. The zero-order valence-corrected chi connectivity index (χ0v) is 17.5. The van der Waals surface area contributed by atoms with Crippen molar-refractivity contribution in [1.29, 1.82) is 0 Å². The summed E-state index contributed by atoms with van der Waals surface area (Å²) in [6.07, 6.45) is 1.44. The Kier molecular flexibility index (Phi) is 8.19. The number of carbonyl (C=O) groups excluding carboxylic acids is 1. The quantitative estimate of drug-likeness (QED) is 0.338. The van der Waals surface area contributed by atoms with Crippen LogP contribution in [-0.4, -0.2) is 25.0 Å². The van der Waals surface area contributed by atoms with E-state index in [1.54, 1.807) is 36.4 Å². The Morgan fingerprint density at radius 1 is 1.09 bits per heavy atom. The van der Waals surface area contributed by atoms with Crippen molar-refractivity contribution in [3.63, 3.8) is 0 Å². The highest BCUT2D eigenvalue weighted by atomic mass is 19.3. The van der Waals surface area contributed by atoms with Crippen molar-refractivity contribution in [3.8, 4) is 5.75 Å². The van der Waals surface area contributed by atoms with Crippen LogP contribution in [0.1, 0.15) is 28.6 Å². The summed E-state index contributed by atoms with van der Waals surface area (Å²) in [5.74, 6) is 0.522. The van der Waals surface area contributed by atoms with E-state index < -0.39 is 6.61 Å². The van der Waals surface area contributed by atoms with Gasteiger partial charge in [-0.25, -0.2) is 4.99 Å². The van der Waals surface area contributed by atoms with Crippen molar-refractivity contribution in [2.24, 2.45) is 4.99 Å². The van der Waals surface area contributed by atoms with E-state index in [-0.39, 0.29) is 24.0 Å². The van der Waals surface area contributed by atoms with Gasteiger partial charge >= 0.3 is 6.61 Å². The second kappa shape index (κ2) is 11.5.